The topological polar surface area (TPSA) is 92.4 Å². The fraction of sp³-hybridized carbons (Fsp3) is 0. The van der Waals surface area contributed by atoms with E-state index in [1.54, 1.807) is 24.4 Å². The molecule has 3 heterocycles. The Morgan fingerprint density at radius 1 is 1.04 bits per heavy atom. The van der Waals surface area contributed by atoms with E-state index in [0.29, 0.717) is 16.1 Å². The number of aromatic amines is 1. The van der Waals surface area contributed by atoms with Crippen LogP contribution in [0.1, 0.15) is 31.1 Å². The molecule has 7 nitrogen and oxygen atoms in total. The summed E-state index contributed by atoms with van der Waals surface area (Å²) < 4.78 is 0. The first-order valence-corrected chi connectivity index (χ1v) is 6.79. The molecule has 3 aromatic rings. The molecule has 0 saturated carbocycles. The standard InChI is InChI=1S/C16H9N3O4/c20-14-10-3-1-2-4-11(10)15(21)19(14)23-16(22)12-6-8-18-13-9(12)5-7-17-13/h1-8H,(H,17,18). The Balaban J connectivity index is 1.67. The molecule has 0 radical (unpaired) electrons. The van der Waals surface area contributed by atoms with E-state index in [0.717, 1.165) is 0 Å². The van der Waals surface area contributed by atoms with Crippen molar-refractivity contribution in [3.05, 3.63) is 65.5 Å². The minimum atomic E-state index is -0.800. The molecule has 0 saturated heterocycles. The molecule has 1 aliphatic rings. The average Bonchev–Trinajstić information content (AvgIpc) is 3.14. The lowest BCUT2D eigenvalue weighted by molar-refractivity contribution is -0.0583. The van der Waals surface area contributed by atoms with Crippen molar-refractivity contribution in [1.82, 2.24) is 15.0 Å². The van der Waals surface area contributed by atoms with E-state index in [4.69, 9.17) is 4.84 Å². The van der Waals surface area contributed by atoms with Crippen molar-refractivity contribution in [3.63, 3.8) is 0 Å². The lowest BCUT2D eigenvalue weighted by Gasteiger charge is -2.12. The van der Waals surface area contributed by atoms with Gasteiger partial charge in [0.1, 0.15) is 5.65 Å². The molecule has 0 atom stereocenters. The number of hydroxylamine groups is 2. The maximum Gasteiger partial charge on any atom is 0.364 e. The summed E-state index contributed by atoms with van der Waals surface area (Å²) in [6.07, 6.45) is 3.08. The number of H-pyrrole nitrogens is 1. The van der Waals surface area contributed by atoms with Gasteiger partial charge >= 0.3 is 5.97 Å². The molecule has 0 unspecified atom stereocenters. The molecule has 23 heavy (non-hydrogen) atoms. The van der Waals surface area contributed by atoms with Gasteiger partial charge in [-0.05, 0) is 24.3 Å². The number of hydrogen-bond acceptors (Lipinski definition) is 5. The number of carbonyl (C=O) groups is 3. The lowest BCUT2D eigenvalue weighted by Crippen LogP contribution is -2.32. The zero-order valence-corrected chi connectivity index (χ0v) is 11.6. The van der Waals surface area contributed by atoms with Gasteiger partial charge in [0, 0.05) is 17.8 Å². The van der Waals surface area contributed by atoms with E-state index in [2.05, 4.69) is 9.97 Å². The van der Waals surface area contributed by atoms with Gasteiger partial charge in [-0.15, -0.1) is 0 Å². The number of fused-ring (bicyclic) bond motifs is 2. The molecule has 4 rings (SSSR count). The minimum Gasteiger partial charge on any atom is -0.346 e. The number of nitrogens with one attached hydrogen (secondary N) is 1. The van der Waals surface area contributed by atoms with Crippen LogP contribution in [0.5, 0.6) is 0 Å². The maximum atomic E-state index is 12.3. The highest BCUT2D eigenvalue weighted by Gasteiger charge is 2.38. The van der Waals surface area contributed by atoms with Crippen LogP contribution in [-0.2, 0) is 4.84 Å². The molecule has 1 N–H and O–H groups in total. The van der Waals surface area contributed by atoms with Crippen molar-refractivity contribution < 1.29 is 19.2 Å². The Kier molecular flexibility index (Phi) is 2.74. The van der Waals surface area contributed by atoms with Crippen LogP contribution in [-0.4, -0.2) is 32.8 Å². The van der Waals surface area contributed by atoms with Gasteiger partial charge in [0.2, 0.25) is 0 Å². The van der Waals surface area contributed by atoms with Crippen LogP contribution in [0.2, 0.25) is 0 Å². The van der Waals surface area contributed by atoms with Crippen molar-refractivity contribution >= 4 is 28.8 Å². The van der Waals surface area contributed by atoms with Gasteiger partial charge in [-0.25, -0.2) is 9.78 Å². The SMILES string of the molecule is O=C(ON1C(=O)c2ccccc2C1=O)c1ccnc2[nH]ccc12. The molecular formula is C16H9N3O4. The van der Waals surface area contributed by atoms with E-state index < -0.39 is 17.8 Å². The van der Waals surface area contributed by atoms with Crippen LogP contribution < -0.4 is 0 Å². The monoisotopic (exact) mass is 307 g/mol. The summed E-state index contributed by atoms with van der Waals surface area (Å²) in [6, 6.07) is 9.45. The van der Waals surface area contributed by atoms with E-state index in [9.17, 15) is 14.4 Å². The third-order valence-electron chi connectivity index (χ3n) is 3.61. The first kappa shape index (κ1) is 13.2. The number of amides is 2. The molecule has 7 heteroatoms. The highest BCUT2D eigenvalue weighted by atomic mass is 16.7. The Hall–Kier alpha value is -3.48. The molecule has 2 amide bonds. The van der Waals surface area contributed by atoms with Crippen molar-refractivity contribution in [1.29, 1.82) is 0 Å². The highest BCUT2D eigenvalue weighted by Crippen LogP contribution is 2.24. The quantitative estimate of drug-likeness (QED) is 0.730. The third kappa shape index (κ3) is 1.90. The first-order valence-electron chi connectivity index (χ1n) is 6.79. The van der Waals surface area contributed by atoms with Gasteiger partial charge in [-0.3, -0.25) is 9.59 Å². The van der Waals surface area contributed by atoms with E-state index in [1.807, 2.05) is 0 Å². The predicted molar refractivity (Wildman–Crippen MR) is 78.5 cm³/mol. The van der Waals surface area contributed by atoms with E-state index in [1.165, 1.54) is 24.4 Å². The van der Waals surface area contributed by atoms with Crippen molar-refractivity contribution in [2.24, 2.45) is 0 Å². The van der Waals surface area contributed by atoms with E-state index in [-0.39, 0.29) is 16.7 Å². The Morgan fingerprint density at radius 3 is 2.43 bits per heavy atom. The first-order chi connectivity index (χ1) is 11.2. The fourth-order valence-electron chi connectivity index (χ4n) is 2.52. The Morgan fingerprint density at radius 2 is 1.74 bits per heavy atom. The summed E-state index contributed by atoms with van der Waals surface area (Å²) >= 11 is 0. The summed E-state index contributed by atoms with van der Waals surface area (Å²) in [5.41, 5.74) is 1.16. The molecular weight excluding hydrogens is 298 g/mol. The molecule has 0 spiro atoms. The van der Waals surface area contributed by atoms with Crippen molar-refractivity contribution in [2.75, 3.05) is 0 Å². The van der Waals surface area contributed by atoms with E-state index >= 15 is 0 Å². The number of rotatable bonds is 2. The Bertz CT molecular complexity index is 941. The fourth-order valence-corrected chi connectivity index (χ4v) is 2.52. The third-order valence-corrected chi connectivity index (χ3v) is 3.61. The van der Waals surface area contributed by atoms with Crippen LogP contribution in [0.4, 0.5) is 0 Å². The van der Waals surface area contributed by atoms with Crippen LogP contribution in [0.15, 0.2) is 48.8 Å². The summed E-state index contributed by atoms with van der Waals surface area (Å²) in [4.78, 5) is 48.7. The predicted octanol–water partition coefficient (Wildman–Crippen LogP) is 1.93. The smallest absolute Gasteiger partial charge is 0.346 e. The van der Waals surface area contributed by atoms with Gasteiger partial charge in [0.25, 0.3) is 11.8 Å². The number of nitrogens with zero attached hydrogens (tertiary/aromatic N) is 2. The van der Waals surface area contributed by atoms with Crippen molar-refractivity contribution in [2.45, 2.75) is 0 Å². The number of pyridine rings is 1. The van der Waals surface area contributed by atoms with Gasteiger partial charge in [-0.2, -0.15) is 0 Å². The maximum absolute atomic E-state index is 12.3. The number of imide groups is 1. The average molecular weight is 307 g/mol. The number of carbonyl (C=O) groups excluding carboxylic acids is 3. The van der Waals surface area contributed by atoms with Crippen LogP contribution in [0.3, 0.4) is 0 Å². The summed E-state index contributed by atoms with van der Waals surface area (Å²) in [7, 11) is 0. The van der Waals surface area contributed by atoms with Crippen LogP contribution in [0, 0.1) is 0 Å². The second kappa shape index (κ2) is 4.77. The summed E-state index contributed by atoms with van der Waals surface area (Å²) in [5, 5.41) is 1.04. The van der Waals surface area contributed by atoms with Gasteiger partial charge < -0.3 is 9.82 Å². The molecule has 1 aliphatic heterocycles. The zero-order chi connectivity index (χ0) is 16.0. The molecule has 0 fully saturated rings. The normalized spacial score (nSPS) is 13.5. The molecule has 0 aliphatic carbocycles. The number of aromatic nitrogens is 2. The van der Waals surface area contributed by atoms with Gasteiger partial charge in [0.15, 0.2) is 0 Å². The minimum absolute atomic E-state index is 0.215. The second-order valence-electron chi connectivity index (χ2n) is 4.93. The summed E-state index contributed by atoms with van der Waals surface area (Å²) in [6.45, 7) is 0. The lowest BCUT2D eigenvalue weighted by atomic mass is 10.1. The number of hydrogen-bond donors (Lipinski definition) is 1. The van der Waals surface area contributed by atoms with Crippen molar-refractivity contribution in [3.8, 4) is 0 Å². The molecule has 2 aromatic heterocycles. The highest BCUT2D eigenvalue weighted by molar-refractivity contribution is 6.21. The van der Waals surface area contributed by atoms with Crippen LogP contribution in [0.25, 0.3) is 11.0 Å². The van der Waals surface area contributed by atoms with Crippen LogP contribution >= 0.6 is 0 Å². The summed E-state index contributed by atoms with van der Waals surface area (Å²) in [5.74, 6) is -2.11. The zero-order valence-electron chi connectivity index (χ0n) is 11.6. The molecule has 0 bridgehead atoms. The Labute approximate surface area is 129 Å². The molecule has 112 valence electrons. The number of benzene rings is 1. The largest absolute Gasteiger partial charge is 0.364 e. The molecule has 1 aromatic carbocycles. The van der Waals surface area contributed by atoms with Gasteiger partial charge in [0.05, 0.1) is 16.7 Å². The second-order valence-corrected chi connectivity index (χ2v) is 4.93. The van der Waals surface area contributed by atoms with Gasteiger partial charge in [-0.1, -0.05) is 17.2 Å².